The van der Waals surface area contributed by atoms with Gasteiger partial charge >= 0.3 is 0 Å². The Morgan fingerprint density at radius 2 is 2.38 bits per heavy atom. The Morgan fingerprint density at radius 3 is 3.25 bits per heavy atom. The summed E-state index contributed by atoms with van der Waals surface area (Å²) < 4.78 is 0. The van der Waals surface area contributed by atoms with Crippen LogP contribution < -0.4 is 0 Å². The van der Waals surface area contributed by atoms with Gasteiger partial charge in [-0.05, 0) is 26.0 Å². The molecule has 44 valence electrons. The van der Waals surface area contributed by atoms with Gasteiger partial charge in [0.05, 0.1) is 6.54 Å². The number of allylic oxidation sites excluding steroid dienone is 1. The van der Waals surface area contributed by atoms with Crippen LogP contribution in [0.25, 0.3) is 0 Å². The lowest BCUT2D eigenvalue weighted by molar-refractivity contribution is 1.10. The molecule has 0 saturated carbocycles. The maximum atomic E-state index is 4.16. The SMILES string of the molecule is CC1=CCCC=NC1. The van der Waals surface area contributed by atoms with Crippen LogP contribution in [0.1, 0.15) is 19.8 Å². The number of nitrogens with zero attached hydrogens (tertiary/aromatic N) is 1. The first-order valence-corrected chi connectivity index (χ1v) is 3.03. The minimum Gasteiger partial charge on any atom is -0.293 e. The molecule has 1 heterocycles. The lowest BCUT2D eigenvalue weighted by Gasteiger charge is -1.87. The van der Waals surface area contributed by atoms with Gasteiger partial charge in [0.15, 0.2) is 0 Å². The first-order chi connectivity index (χ1) is 3.89. The Labute approximate surface area is 50.1 Å². The van der Waals surface area contributed by atoms with Crippen LogP contribution in [0.4, 0.5) is 0 Å². The van der Waals surface area contributed by atoms with E-state index < -0.39 is 0 Å². The van der Waals surface area contributed by atoms with Crippen LogP contribution in [-0.2, 0) is 0 Å². The lowest BCUT2D eigenvalue weighted by Crippen LogP contribution is -1.77. The summed E-state index contributed by atoms with van der Waals surface area (Å²) in [5.41, 5.74) is 1.40. The summed E-state index contributed by atoms with van der Waals surface area (Å²) in [5, 5.41) is 0. The van der Waals surface area contributed by atoms with E-state index in [9.17, 15) is 0 Å². The molecule has 8 heavy (non-hydrogen) atoms. The highest BCUT2D eigenvalue weighted by molar-refractivity contribution is 5.58. The number of rotatable bonds is 0. The Bertz CT molecular complexity index is 122. The van der Waals surface area contributed by atoms with E-state index in [0.717, 1.165) is 13.0 Å². The summed E-state index contributed by atoms with van der Waals surface area (Å²) in [7, 11) is 0. The van der Waals surface area contributed by atoms with Gasteiger partial charge in [0, 0.05) is 0 Å². The molecule has 1 rings (SSSR count). The molecular weight excluding hydrogens is 98.1 g/mol. The van der Waals surface area contributed by atoms with Crippen molar-refractivity contribution < 1.29 is 0 Å². The summed E-state index contributed by atoms with van der Waals surface area (Å²) in [6, 6.07) is 0. The van der Waals surface area contributed by atoms with Crippen molar-refractivity contribution in [3.8, 4) is 0 Å². The third-order valence-electron chi connectivity index (χ3n) is 1.26. The van der Waals surface area contributed by atoms with Crippen LogP contribution in [0, 0.1) is 0 Å². The van der Waals surface area contributed by atoms with Crippen molar-refractivity contribution >= 4 is 6.21 Å². The molecule has 0 atom stereocenters. The quantitative estimate of drug-likeness (QED) is 0.420. The Morgan fingerprint density at radius 1 is 1.50 bits per heavy atom. The van der Waals surface area contributed by atoms with E-state index in [1.54, 1.807) is 0 Å². The third kappa shape index (κ3) is 1.49. The van der Waals surface area contributed by atoms with Gasteiger partial charge in [-0.2, -0.15) is 0 Å². The second-order valence-corrected chi connectivity index (χ2v) is 2.15. The van der Waals surface area contributed by atoms with Gasteiger partial charge < -0.3 is 0 Å². The van der Waals surface area contributed by atoms with Crippen molar-refractivity contribution in [3.63, 3.8) is 0 Å². The zero-order valence-electron chi connectivity index (χ0n) is 5.22. The predicted octanol–water partition coefficient (Wildman–Crippen LogP) is 1.80. The third-order valence-corrected chi connectivity index (χ3v) is 1.26. The topological polar surface area (TPSA) is 12.4 Å². The highest BCUT2D eigenvalue weighted by atomic mass is 14.7. The smallest absolute Gasteiger partial charge is 0.0593 e. The second kappa shape index (κ2) is 2.65. The largest absolute Gasteiger partial charge is 0.293 e. The Balaban J connectivity index is 2.51. The summed E-state index contributed by atoms with van der Waals surface area (Å²) >= 11 is 0. The normalized spacial score (nSPS) is 19.9. The first-order valence-electron chi connectivity index (χ1n) is 3.03. The standard InChI is InChI=1S/C7H11N/c1-7-4-2-3-5-8-6-7/h4-5H,2-3,6H2,1H3. The van der Waals surface area contributed by atoms with Gasteiger partial charge in [-0.3, -0.25) is 4.99 Å². The zero-order valence-corrected chi connectivity index (χ0v) is 5.22. The molecule has 0 radical (unpaired) electrons. The minimum atomic E-state index is 0.917. The van der Waals surface area contributed by atoms with Crippen LogP contribution in [0.2, 0.25) is 0 Å². The molecule has 0 aromatic heterocycles. The molecule has 0 aliphatic carbocycles. The summed E-state index contributed by atoms with van der Waals surface area (Å²) in [4.78, 5) is 4.16. The molecule has 1 heteroatoms. The van der Waals surface area contributed by atoms with Crippen LogP contribution in [0.15, 0.2) is 16.6 Å². The summed E-state index contributed by atoms with van der Waals surface area (Å²) in [5.74, 6) is 0. The van der Waals surface area contributed by atoms with Gasteiger partial charge in [0.25, 0.3) is 0 Å². The van der Waals surface area contributed by atoms with Crippen molar-refractivity contribution in [2.75, 3.05) is 6.54 Å². The highest BCUT2D eigenvalue weighted by Gasteiger charge is 1.89. The Kier molecular flexibility index (Phi) is 1.84. The van der Waals surface area contributed by atoms with Gasteiger partial charge in [-0.25, -0.2) is 0 Å². The van der Waals surface area contributed by atoms with E-state index in [-0.39, 0.29) is 0 Å². The zero-order chi connectivity index (χ0) is 5.82. The van der Waals surface area contributed by atoms with E-state index >= 15 is 0 Å². The van der Waals surface area contributed by atoms with Gasteiger partial charge in [0.1, 0.15) is 0 Å². The van der Waals surface area contributed by atoms with E-state index in [1.165, 1.54) is 12.0 Å². The molecule has 1 aliphatic rings. The molecule has 0 aromatic rings. The first kappa shape index (κ1) is 5.54. The molecule has 0 fully saturated rings. The molecule has 1 aliphatic heterocycles. The van der Waals surface area contributed by atoms with Crippen LogP contribution >= 0.6 is 0 Å². The lowest BCUT2D eigenvalue weighted by atomic mass is 10.2. The molecule has 0 N–H and O–H groups in total. The monoisotopic (exact) mass is 109 g/mol. The number of hydrogen-bond acceptors (Lipinski definition) is 1. The van der Waals surface area contributed by atoms with Gasteiger partial charge in [0.2, 0.25) is 0 Å². The number of aliphatic imine (C=N–C) groups is 1. The average Bonchev–Trinajstić information content (AvgIpc) is 1.94. The van der Waals surface area contributed by atoms with Crippen molar-refractivity contribution in [2.24, 2.45) is 4.99 Å². The average molecular weight is 109 g/mol. The fraction of sp³-hybridized carbons (Fsp3) is 0.571. The van der Waals surface area contributed by atoms with E-state index in [0.29, 0.717) is 0 Å². The maximum Gasteiger partial charge on any atom is 0.0593 e. The number of hydrogen-bond donors (Lipinski definition) is 0. The molecule has 0 saturated heterocycles. The van der Waals surface area contributed by atoms with Crippen molar-refractivity contribution in [1.29, 1.82) is 0 Å². The Hall–Kier alpha value is -0.590. The molecule has 1 nitrogen and oxygen atoms in total. The van der Waals surface area contributed by atoms with Crippen LogP contribution in [0.5, 0.6) is 0 Å². The van der Waals surface area contributed by atoms with Gasteiger partial charge in [-0.15, -0.1) is 0 Å². The van der Waals surface area contributed by atoms with Crippen LogP contribution in [-0.4, -0.2) is 12.8 Å². The van der Waals surface area contributed by atoms with E-state index in [2.05, 4.69) is 18.0 Å². The van der Waals surface area contributed by atoms with Crippen molar-refractivity contribution in [3.05, 3.63) is 11.6 Å². The van der Waals surface area contributed by atoms with Crippen molar-refractivity contribution in [1.82, 2.24) is 0 Å². The van der Waals surface area contributed by atoms with Crippen LogP contribution in [0.3, 0.4) is 0 Å². The van der Waals surface area contributed by atoms with Crippen molar-refractivity contribution in [2.45, 2.75) is 19.8 Å². The summed E-state index contributed by atoms with van der Waals surface area (Å²) in [6.07, 6.45) is 6.56. The fourth-order valence-corrected chi connectivity index (χ4v) is 0.769. The molecule has 0 aromatic carbocycles. The maximum absolute atomic E-state index is 4.16. The molecule has 0 bridgehead atoms. The predicted molar refractivity (Wildman–Crippen MR) is 36.4 cm³/mol. The molecule has 0 amide bonds. The summed E-state index contributed by atoms with van der Waals surface area (Å²) in [6.45, 7) is 3.04. The minimum absolute atomic E-state index is 0.917. The highest BCUT2D eigenvalue weighted by Crippen LogP contribution is 2.01. The van der Waals surface area contributed by atoms with E-state index in [4.69, 9.17) is 0 Å². The fourth-order valence-electron chi connectivity index (χ4n) is 0.769. The molecular formula is C7H11N. The van der Waals surface area contributed by atoms with E-state index in [1.807, 2.05) is 6.21 Å². The van der Waals surface area contributed by atoms with Gasteiger partial charge in [-0.1, -0.05) is 11.6 Å². The molecule has 0 unspecified atom stereocenters. The molecule has 0 spiro atoms. The second-order valence-electron chi connectivity index (χ2n) is 2.15.